The number of ether oxygens (including phenoxy) is 2. The van der Waals surface area contributed by atoms with Gasteiger partial charge in [-0.1, -0.05) is 0 Å². The molecule has 2 amide bonds. The largest absolute Gasteiger partial charge is 0.494 e. The van der Waals surface area contributed by atoms with Crippen molar-refractivity contribution in [2.45, 2.75) is 40.3 Å². The van der Waals surface area contributed by atoms with Crippen LogP contribution in [0.15, 0.2) is 40.8 Å². The number of nitrogens with one attached hydrogen (secondary N) is 2. The zero-order valence-corrected chi connectivity index (χ0v) is 20.4. The highest BCUT2D eigenvalue weighted by molar-refractivity contribution is 7.16. The van der Waals surface area contributed by atoms with Crippen LogP contribution in [0.5, 0.6) is 5.75 Å². The Kier molecular flexibility index (Phi) is 7.42. The van der Waals surface area contributed by atoms with E-state index in [1.165, 1.54) is 11.3 Å². The highest BCUT2D eigenvalue weighted by Crippen LogP contribution is 2.38. The van der Waals surface area contributed by atoms with Gasteiger partial charge < -0.3 is 29.4 Å². The van der Waals surface area contributed by atoms with Crippen molar-refractivity contribution in [2.24, 2.45) is 0 Å². The van der Waals surface area contributed by atoms with E-state index in [0.29, 0.717) is 50.5 Å². The lowest BCUT2D eigenvalue weighted by molar-refractivity contribution is 0.102. The van der Waals surface area contributed by atoms with Crippen molar-refractivity contribution in [1.82, 2.24) is 4.90 Å². The summed E-state index contributed by atoms with van der Waals surface area (Å²) in [6.07, 6.45) is 0.251. The van der Waals surface area contributed by atoms with E-state index in [2.05, 4.69) is 10.6 Å². The fourth-order valence-electron chi connectivity index (χ4n) is 3.88. The number of carbonyl (C=O) groups is 2. The first kappa shape index (κ1) is 23.7. The standard InChI is InChI=1S/C25H29N3O5S/c1-4-31-18-10-7-17(8-11-18)27-23(29)22-20-12-13-28(25(30)32-5-2)15-21(20)34-24(22)26-14-19-9-6-16(3)33-19/h6-11,26H,4-5,12-15H2,1-3H3,(H,27,29). The van der Waals surface area contributed by atoms with Crippen molar-refractivity contribution in [2.75, 3.05) is 30.4 Å². The van der Waals surface area contributed by atoms with Crippen molar-refractivity contribution >= 4 is 34.0 Å². The van der Waals surface area contributed by atoms with Crippen LogP contribution in [-0.2, 0) is 24.2 Å². The molecule has 0 atom stereocenters. The Hall–Kier alpha value is -3.46. The second-order valence-electron chi connectivity index (χ2n) is 7.86. The first-order chi connectivity index (χ1) is 16.5. The number of amides is 2. The molecule has 3 heterocycles. The van der Waals surface area contributed by atoms with Gasteiger partial charge in [0, 0.05) is 17.1 Å². The van der Waals surface area contributed by atoms with Gasteiger partial charge in [-0.2, -0.15) is 0 Å². The number of aryl methyl sites for hydroxylation is 1. The molecular formula is C25H29N3O5S. The van der Waals surface area contributed by atoms with Gasteiger partial charge in [0.25, 0.3) is 5.91 Å². The van der Waals surface area contributed by atoms with Crippen LogP contribution >= 0.6 is 11.3 Å². The maximum Gasteiger partial charge on any atom is 0.410 e. The number of nitrogens with zero attached hydrogens (tertiary/aromatic N) is 1. The van der Waals surface area contributed by atoms with Gasteiger partial charge in [0.2, 0.25) is 0 Å². The van der Waals surface area contributed by atoms with Crippen LogP contribution in [0.2, 0.25) is 0 Å². The number of carbonyl (C=O) groups excluding carboxylic acids is 2. The quantitative estimate of drug-likeness (QED) is 0.444. The van der Waals surface area contributed by atoms with Crippen molar-refractivity contribution < 1.29 is 23.5 Å². The average molecular weight is 484 g/mol. The molecular weight excluding hydrogens is 454 g/mol. The predicted molar refractivity (Wildman–Crippen MR) is 132 cm³/mol. The second kappa shape index (κ2) is 10.6. The summed E-state index contributed by atoms with van der Waals surface area (Å²) in [5, 5.41) is 7.13. The van der Waals surface area contributed by atoms with Gasteiger partial charge in [-0.05, 0) is 69.2 Å². The summed E-state index contributed by atoms with van der Waals surface area (Å²) in [7, 11) is 0. The number of anilines is 2. The summed E-state index contributed by atoms with van der Waals surface area (Å²) in [5.74, 6) is 2.18. The number of hydrogen-bond donors (Lipinski definition) is 2. The van der Waals surface area contributed by atoms with E-state index < -0.39 is 0 Å². The maximum absolute atomic E-state index is 13.4. The highest BCUT2D eigenvalue weighted by Gasteiger charge is 2.30. The number of furan rings is 1. The number of thiophene rings is 1. The predicted octanol–water partition coefficient (Wildman–Crippen LogP) is 5.43. The molecule has 180 valence electrons. The van der Waals surface area contributed by atoms with Gasteiger partial charge in [-0.15, -0.1) is 11.3 Å². The summed E-state index contributed by atoms with van der Waals surface area (Å²) in [4.78, 5) is 28.3. The topological polar surface area (TPSA) is 93.0 Å². The molecule has 2 N–H and O–H groups in total. The molecule has 0 bridgehead atoms. The van der Waals surface area contributed by atoms with Gasteiger partial charge in [0.1, 0.15) is 22.3 Å². The van der Waals surface area contributed by atoms with E-state index in [1.807, 2.05) is 50.2 Å². The Labute approximate surface area is 202 Å². The Morgan fingerprint density at radius 3 is 2.59 bits per heavy atom. The lowest BCUT2D eigenvalue weighted by atomic mass is 10.0. The van der Waals surface area contributed by atoms with Crippen molar-refractivity contribution in [3.63, 3.8) is 0 Å². The molecule has 34 heavy (non-hydrogen) atoms. The molecule has 0 aliphatic carbocycles. The second-order valence-corrected chi connectivity index (χ2v) is 8.96. The fraction of sp³-hybridized carbons (Fsp3) is 0.360. The van der Waals surface area contributed by atoms with E-state index in [0.717, 1.165) is 32.7 Å². The molecule has 0 fully saturated rings. The van der Waals surface area contributed by atoms with E-state index in [1.54, 1.807) is 11.8 Å². The Balaban J connectivity index is 1.58. The van der Waals surface area contributed by atoms with Crippen LogP contribution in [0.4, 0.5) is 15.5 Å². The molecule has 0 unspecified atom stereocenters. The molecule has 0 saturated carbocycles. The lowest BCUT2D eigenvalue weighted by Gasteiger charge is -2.26. The summed E-state index contributed by atoms with van der Waals surface area (Å²) in [5.41, 5.74) is 2.26. The first-order valence-corrected chi connectivity index (χ1v) is 12.2. The van der Waals surface area contributed by atoms with E-state index in [4.69, 9.17) is 13.9 Å². The smallest absolute Gasteiger partial charge is 0.410 e. The van der Waals surface area contributed by atoms with Gasteiger partial charge in [-0.3, -0.25) is 4.79 Å². The normalized spacial score (nSPS) is 12.7. The lowest BCUT2D eigenvalue weighted by Crippen LogP contribution is -2.36. The molecule has 0 saturated heterocycles. The number of benzene rings is 1. The van der Waals surface area contributed by atoms with Crippen molar-refractivity contribution in [3.05, 3.63) is 63.9 Å². The third kappa shape index (κ3) is 5.36. The Bertz CT molecular complexity index is 1150. The van der Waals surface area contributed by atoms with Crippen LogP contribution in [-0.4, -0.2) is 36.7 Å². The minimum atomic E-state index is -0.331. The molecule has 9 heteroatoms. The molecule has 1 aromatic carbocycles. The van der Waals surface area contributed by atoms with Crippen LogP contribution in [0.25, 0.3) is 0 Å². The van der Waals surface area contributed by atoms with E-state index >= 15 is 0 Å². The highest BCUT2D eigenvalue weighted by atomic mass is 32.1. The summed E-state index contributed by atoms with van der Waals surface area (Å²) >= 11 is 1.49. The summed E-state index contributed by atoms with van der Waals surface area (Å²) < 4.78 is 16.3. The van der Waals surface area contributed by atoms with Crippen LogP contribution in [0.1, 0.15) is 46.2 Å². The maximum atomic E-state index is 13.4. The van der Waals surface area contributed by atoms with Crippen LogP contribution in [0, 0.1) is 6.92 Å². The molecule has 3 aromatic rings. The van der Waals surface area contributed by atoms with Gasteiger partial charge in [0.15, 0.2) is 0 Å². The third-order valence-electron chi connectivity index (χ3n) is 5.45. The third-order valence-corrected chi connectivity index (χ3v) is 6.63. The van der Waals surface area contributed by atoms with Crippen molar-refractivity contribution in [3.8, 4) is 5.75 Å². The van der Waals surface area contributed by atoms with E-state index in [9.17, 15) is 9.59 Å². The van der Waals surface area contributed by atoms with E-state index in [-0.39, 0.29) is 12.0 Å². The number of rotatable bonds is 8. The number of fused-ring (bicyclic) bond motifs is 1. The summed E-state index contributed by atoms with van der Waals surface area (Å²) in [6, 6.07) is 11.1. The minimum absolute atomic E-state index is 0.190. The zero-order chi connectivity index (χ0) is 24.1. The molecule has 2 aromatic heterocycles. The summed E-state index contributed by atoms with van der Waals surface area (Å²) in [6.45, 7) is 7.91. The SMILES string of the molecule is CCOC(=O)N1CCc2c(sc(NCc3ccc(C)o3)c2C(=O)Nc2ccc(OCC)cc2)C1. The molecule has 8 nitrogen and oxygen atoms in total. The molecule has 1 aliphatic rings. The number of hydrogen-bond acceptors (Lipinski definition) is 7. The zero-order valence-electron chi connectivity index (χ0n) is 19.6. The Morgan fingerprint density at radius 1 is 1.12 bits per heavy atom. The van der Waals surface area contributed by atoms with Gasteiger partial charge in [-0.25, -0.2) is 4.79 Å². The van der Waals surface area contributed by atoms with Crippen LogP contribution in [0.3, 0.4) is 0 Å². The van der Waals surface area contributed by atoms with Crippen molar-refractivity contribution in [1.29, 1.82) is 0 Å². The Morgan fingerprint density at radius 2 is 1.91 bits per heavy atom. The van der Waals surface area contributed by atoms with Crippen LogP contribution < -0.4 is 15.4 Å². The molecule has 4 rings (SSSR count). The van der Waals surface area contributed by atoms with Gasteiger partial charge >= 0.3 is 6.09 Å². The van der Waals surface area contributed by atoms with Gasteiger partial charge in [0.05, 0.1) is 31.9 Å². The monoisotopic (exact) mass is 483 g/mol. The first-order valence-electron chi connectivity index (χ1n) is 11.4. The minimum Gasteiger partial charge on any atom is -0.494 e. The fourth-order valence-corrected chi connectivity index (χ4v) is 5.14. The molecule has 0 radical (unpaired) electrons. The average Bonchev–Trinajstić information content (AvgIpc) is 3.41. The molecule has 0 spiro atoms. The molecule has 1 aliphatic heterocycles.